The quantitative estimate of drug-likeness (QED) is 0.860. The van der Waals surface area contributed by atoms with Crippen LogP contribution in [-0.2, 0) is 23.2 Å². The van der Waals surface area contributed by atoms with Gasteiger partial charge in [0.2, 0.25) is 0 Å². The van der Waals surface area contributed by atoms with Gasteiger partial charge >= 0.3 is 0 Å². The number of hydrogen-bond acceptors (Lipinski definition) is 3. The standard InChI is InChI=1S/C16H25N3O2S.ClH/c1-13(15-7-4-9-17-11-15)18-22(20,21)19-10-8-14-5-2-3-6-16(14)12-19;/h2-3,5-6,13,15,17-18H,4,7-12H2,1H3;1H. The zero-order valence-corrected chi connectivity index (χ0v) is 15.1. The maximum absolute atomic E-state index is 12.6. The van der Waals surface area contributed by atoms with Crippen LogP contribution in [0, 0.1) is 5.92 Å². The molecule has 0 radical (unpaired) electrons. The summed E-state index contributed by atoms with van der Waals surface area (Å²) in [7, 11) is -3.42. The summed E-state index contributed by atoms with van der Waals surface area (Å²) in [6, 6.07) is 8.06. The summed E-state index contributed by atoms with van der Waals surface area (Å²) in [4.78, 5) is 0. The van der Waals surface area contributed by atoms with Gasteiger partial charge in [-0.1, -0.05) is 24.3 Å². The topological polar surface area (TPSA) is 61.4 Å². The molecular weight excluding hydrogens is 334 g/mol. The second kappa shape index (κ2) is 7.94. The summed E-state index contributed by atoms with van der Waals surface area (Å²) in [6.07, 6.45) is 2.99. The largest absolute Gasteiger partial charge is 0.316 e. The molecule has 5 nitrogen and oxygen atoms in total. The minimum Gasteiger partial charge on any atom is -0.316 e. The van der Waals surface area contributed by atoms with Crippen LogP contribution >= 0.6 is 12.4 Å². The van der Waals surface area contributed by atoms with Crippen molar-refractivity contribution >= 4 is 22.6 Å². The normalized spacial score (nSPS) is 23.6. The molecule has 2 heterocycles. The van der Waals surface area contributed by atoms with Crippen LogP contribution < -0.4 is 10.0 Å². The summed E-state index contributed by atoms with van der Waals surface area (Å²) < 4.78 is 29.7. The first kappa shape index (κ1) is 18.7. The number of rotatable bonds is 4. The summed E-state index contributed by atoms with van der Waals surface area (Å²) in [6.45, 7) is 4.95. The molecule has 2 aliphatic heterocycles. The van der Waals surface area contributed by atoms with Crippen LogP contribution in [0.1, 0.15) is 30.9 Å². The summed E-state index contributed by atoms with van der Waals surface area (Å²) in [5.41, 5.74) is 2.38. The number of nitrogens with one attached hydrogen (secondary N) is 2. The van der Waals surface area contributed by atoms with Gasteiger partial charge < -0.3 is 5.32 Å². The molecule has 130 valence electrons. The fourth-order valence-electron chi connectivity index (χ4n) is 3.39. The van der Waals surface area contributed by atoms with Crippen molar-refractivity contribution in [3.05, 3.63) is 35.4 Å². The lowest BCUT2D eigenvalue weighted by Crippen LogP contribution is -2.50. The first-order valence-corrected chi connectivity index (χ1v) is 9.55. The molecule has 0 spiro atoms. The van der Waals surface area contributed by atoms with Crippen molar-refractivity contribution in [2.75, 3.05) is 19.6 Å². The zero-order valence-electron chi connectivity index (χ0n) is 13.5. The Morgan fingerprint density at radius 3 is 2.74 bits per heavy atom. The van der Waals surface area contributed by atoms with Gasteiger partial charge in [0.15, 0.2) is 0 Å². The molecule has 0 amide bonds. The number of fused-ring (bicyclic) bond motifs is 1. The highest BCUT2D eigenvalue weighted by molar-refractivity contribution is 7.87. The van der Waals surface area contributed by atoms with Crippen LogP contribution in [0.2, 0.25) is 0 Å². The lowest BCUT2D eigenvalue weighted by molar-refractivity contribution is 0.309. The van der Waals surface area contributed by atoms with Gasteiger partial charge in [0, 0.05) is 19.1 Å². The lowest BCUT2D eigenvalue weighted by Gasteiger charge is -2.33. The Labute approximate surface area is 145 Å². The fourth-order valence-corrected chi connectivity index (χ4v) is 4.84. The van der Waals surface area contributed by atoms with Crippen LogP contribution in [0.25, 0.3) is 0 Å². The van der Waals surface area contributed by atoms with E-state index in [2.05, 4.69) is 16.1 Å². The van der Waals surface area contributed by atoms with Crippen LogP contribution in [0.3, 0.4) is 0 Å². The predicted octanol–water partition coefficient (Wildman–Crippen LogP) is 1.69. The summed E-state index contributed by atoms with van der Waals surface area (Å²) in [5, 5.41) is 3.35. The van der Waals surface area contributed by atoms with E-state index < -0.39 is 10.2 Å². The third-order valence-corrected chi connectivity index (χ3v) is 6.47. The van der Waals surface area contributed by atoms with E-state index in [1.54, 1.807) is 4.31 Å². The minimum atomic E-state index is -3.42. The molecule has 2 aliphatic rings. The first-order chi connectivity index (χ1) is 10.6. The predicted molar refractivity (Wildman–Crippen MR) is 94.9 cm³/mol. The molecule has 0 saturated carbocycles. The lowest BCUT2D eigenvalue weighted by atomic mass is 9.94. The summed E-state index contributed by atoms with van der Waals surface area (Å²) in [5.74, 6) is 0.376. The van der Waals surface area contributed by atoms with Crippen molar-refractivity contribution in [3.8, 4) is 0 Å². The Kier molecular flexibility index (Phi) is 6.45. The highest BCUT2D eigenvalue weighted by Crippen LogP contribution is 2.21. The van der Waals surface area contributed by atoms with Crippen molar-refractivity contribution in [2.24, 2.45) is 5.92 Å². The van der Waals surface area contributed by atoms with E-state index in [0.29, 0.717) is 19.0 Å². The number of halogens is 1. The Morgan fingerprint density at radius 1 is 1.30 bits per heavy atom. The average molecular weight is 360 g/mol. The third kappa shape index (κ3) is 4.45. The van der Waals surface area contributed by atoms with Crippen LogP contribution in [0.5, 0.6) is 0 Å². The van der Waals surface area contributed by atoms with Crippen molar-refractivity contribution in [1.29, 1.82) is 0 Å². The van der Waals surface area contributed by atoms with Gasteiger partial charge in [-0.15, -0.1) is 12.4 Å². The Hall–Kier alpha value is -0.660. The van der Waals surface area contributed by atoms with E-state index in [9.17, 15) is 8.42 Å². The van der Waals surface area contributed by atoms with Gasteiger partial charge in [-0.3, -0.25) is 0 Å². The van der Waals surface area contributed by atoms with Crippen LogP contribution in [0.15, 0.2) is 24.3 Å². The zero-order chi connectivity index (χ0) is 15.6. The molecular formula is C16H26ClN3O2S. The number of nitrogens with zero attached hydrogens (tertiary/aromatic N) is 1. The smallest absolute Gasteiger partial charge is 0.280 e. The maximum atomic E-state index is 12.6. The van der Waals surface area contributed by atoms with Crippen molar-refractivity contribution in [3.63, 3.8) is 0 Å². The van der Waals surface area contributed by atoms with E-state index in [4.69, 9.17) is 0 Å². The van der Waals surface area contributed by atoms with Crippen molar-refractivity contribution in [2.45, 2.75) is 38.8 Å². The van der Waals surface area contributed by atoms with Gasteiger partial charge in [-0.05, 0) is 56.3 Å². The first-order valence-electron chi connectivity index (χ1n) is 8.11. The van der Waals surface area contributed by atoms with Gasteiger partial charge in [0.1, 0.15) is 0 Å². The van der Waals surface area contributed by atoms with E-state index in [0.717, 1.165) is 37.9 Å². The number of piperidine rings is 1. The molecule has 2 N–H and O–H groups in total. The molecule has 0 bridgehead atoms. The SMILES string of the molecule is CC(NS(=O)(=O)N1CCc2ccccc2C1)C1CCCNC1.Cl. The molecule has 1 saturated heterocycles. The molecule has 0 aromatic heterocycles. The van der Waals surface area contributed by atoms with Gasteiger partial charge in [0.25, 0.3) is 10.2 Å². The number of benzene rings is 1. The highest BCUT2D eigenvalue weighted by Gasteiger charge is 2.30. The minimum absolute atomic E-state index is 0. The van der Waals surface area contributed by atoms with Gasteiger partial charge in [-0.25, -0.2) is 0 Å². The van der Waals surface area contributed by atoms with Gasteiger partial charge in [0.05, 0.1) is 0 Å². The molecule has 2 atom stereocenters. The fraction of sp³-hybridized carbons (Fsp3) is 0.625. The highest BCUT2D eigenvalue weighted by atomic mass is 35.5. The Bertz CT molecular complexity index is 618. The third-order valence-electron chi connectivity index (χ3n) is 4.81. The van der Waals surface area contributed by atoms with Gasteiger partial charge in [-0.2, -0.15) is 17.4 Å². The monoisotopic (exact) mass is 359 g/mol. The molecule has 0 aliphatic carbocycles. The molecule has 7 heteroatoms. The average Bonchev–Trinajstić information content (AvgIpc) is 2.55. The molecule has 23 heavy (non-hydrogen) atoms. The van der Waals surface area contributed by atoms with Crippen LogP contribution in [0.4, 0.5) is 0 Å². The van der Waals surface area contributed by atoms with Crippen molar-refractivity contribution in [1.82, 2.24) is 14.3 Å². The second-order valence-electron chi connectivity index (χ2n) is 6.37. The molecule has 2 unspecified atom stereocenters. The summed E-state index contributed by atoms with van der Waals surface area (Å²) >= 11 is 0. The Balaban J connectivity index is 0.00000192. The molecule has 1 aromatic rings. The molecule has 1 aromatic carbocycles. The van der Waals surface area contributed by atoms with E-state index in [-0.39, 0.29) is 18.4 Å². The Morgan fingerprint density at radius 2 is 2.04 bits per heavy atom. The van der Waals surface area contributed by atoms with E-state index >= 15 is 0 Å². The second-order valence-corrected chi connectivity index (χ2v) is 8.07. The maximum Gasteiger partial charge on any atom is 0.280 e. The van der Waals surface area contributed by atoms with Crippen molar-refractivity contribution < 1.29 is 8.42 Å². The van der Waals surface area contributed by atoms with Crippen LogP contribution in [-0.4, -0.2) is 38.4 Å². The van der Waals surface area contributed by atoms with E-state index in [1.807, 2.05) is 25.1 Å². The molecule has 1 fully saturated rings. The van der Waals surface area contributed by atoms with E-state index in [1.165, 1.54) is 5.56 Å². The number of hydrogen-bond donors (Lipinski definition) is 2. The molecule has 3 rings (SSSR count).